The summed E-state index contributed by atoms with van der Waals surface area (Å²) in [6, 6.07) is 6.66. The van der Waals surface area contributed by atoms with Crippen molar-refractivity contribution in [3.63, 3.8) is 0 Å². The van der Waals surface area contributed by atoms with Gasteiger partial charge in [0.05, 0.1) is 11.8 Å². The van der Waals surface area contributed by atoms with Crippen LogP contribution in [0.1, 0.15) is 19.3 Å². The lowest BCUT2D eigenvalue weighted by Gasteiger charge is -2.28. The number of hydrogen-bond acceptors (Lipinski definition) is 6. The molecule has 0 bridgehead atoms. The first kappa shape index (κ1) is 15.6. The van der Waals surface area contributed by atoms with E-state index in [4.69, 9.17) is 4.98 Å². The van der Waals surface area contributed by atoms with E-state index in [0.717, 1.165) is 54.6 Å². The van der Waals surface area contributed by atoms with Crippen molar-refractivity contribution in [1.29, 1.82) is 0 Å². The van der Waals surface area contributed by atoms with Crippen LogP contribution >= 0.6 is 0 Å². The second-order valence-corrected chi connectivity index (χ2v) is 7.02. The fourth-order valence-corrected chi connectivity index (χ4v) is 3.60. The molecule has 0 radical (unpaired) electrons. The van der Waals surface area contributed by atoms with E-state index in [9.17, 15) is 0 Å². The van der Waals surface area contributed by atoms with Crippen LogP contribution in [-0.2, 0) is 0 Å². The molecule has 1 saturated carbocycles. The number of nitrogens with zero attached hydrogens (tertiary/aromatic N) is 5. The third-order valence-corrected chi connectivity index (χ3v) is 5.34. The first-order valence-electron chi connectivity index (χ1n) is 9.40. The number of nitrogens with one attached hydrogen (secondary N) is 2. The highest BCUT2D eigenvalue weighted by atomic mass is 15.3. The zero-order valence-corrected chi connectivity index (χ0v) is 14.7. The van der Waals surface area contributed by atoms with Crippen LogP contribution in [0.25, 0.3) is 16.8 Å². The third kappa shape index (κ3) is 2.78. The molecular formula is C19H23N7. The number of aromatic nitrogens is 4. The van der Waals surface area contributed by atoms with Crippen LogP contribution in [0, 0.1) is 0 Å². The Balaban J connectivity index is 1.54. The summed E-state index contributed by atoms with van der Waals surface area (Å²) in [5.74, 6) is 1.94. The van der Waals surface area contributed by atoms with Gasteiger partial charge < -0.3 is 15.5 Å². The average Bonchev–Trinajstić information content (AvgIpc) is 3.09. The molecule has 1 saturated heterocycles. The number of rotatable bonds is 4. The summed E-state index contributed by atoms with van der Waals surface area (Å²) in [5, 5.41) is 11.5. The Morgan fingerprint density at radius 1 is 1.12 bits per heavy atom. The molecule has 0 aromatic carbocycles. The van der Waals surface area contributed by atoms with Gasteiger partial charge in [-0.05, 0) is 37.5 Å². The SMILES string of the molecule is c1cnc(NC2CCC2)c(-c2cnn3ccc(N4CCNCC4)nc23)c1. The van der Waals surface area contributed by atoms with Gasteiger partial charge in [-0.2, -0.15) is 5.10 Å². The molecule has 7 nitrogen and oxygen atoms in total. The molecule has 0 amide bonds. The van der Waals surface area contributed by atoms with Crippen LogP contribution in [0.2, 0.25) is 0 Å². The van der Waals surface area contributed by atoms with Crippen molar-refractivity contribution < 1.29 is 0 Å². The Morgan fingerprint density at radius 3 is 2.81 bits per heavy atom. The fourth-order valence-electron chi connectivity index (χ4n) is 3.60. The maximum atomic E-state index is 4.93. The highest BCUT2D eigenvalue weighted by Crippen LogP contribution is 2.32. The number of pyridine rings is 1. The number of hydrogen-bond donors (Lipinski definition) is 2. The van der Waals surface area contributed by atoms with Gasteiger partial charge in [0.15, 0.2) is 5.65 Å². The minimum Gasteiger partial charge on any atom is -0.367 e. The van der Waals surface area contributed by atoms with Crippen molar-refractivity contribution >= 4 is 17.3 Å². The molecule has 7 heteroatoms. The minimum atomic E-state index is 0.537. The average molecular weight is 349 g/mol. The van der Waals surface area contributed by atoms with Crippen LogP contribution in [0.3, 0.4) is 0 Å². The van der Waals surface area contributed by atoms with Crippen molar-refractivity contribution in [2.75, 3.05) is 36.4 Å². The van der Waals surface area contributed by atoms with E-state index in [1.165, 1.54) is 19.3 Å². The molecule has 5 rings (SSSR count). The van der Waals surface area contributed by atoms with Crippen molar-refractivity contribution in [1.82, 2.24) is 24.9 Å². The zero-order chi connectivity index (χ0) is 17.3. The van der Waals surface area contributed by atoms with Gasteiger partial charge in [-0.1, -0.05) is 0 Å². The summed E-state index contributed by atoms with van der Waals surface area (Å²) < 4.78 is 1.85. The molecule has 26 heavy (non-hydrogen) atoms. The Kier molecular flexibility index (Phi) is 3.93. The van der Waals surface area contributed by atoms with Gasteiger partial charge >= 0.3 is 0 Å². The molecule has 134 valence electrons. The summed E-state index contributed by atoms with van der Waals surface area (Å²) in [5.41, 5.74) is 2.97. The van der Waals surface area contributed by atoms with Crippen molar-refractivity contribution in [2.45, 2.75) is 25.3 Å². The summed E-state index contributed by atoms with van der Waals surface area (Å²) >= 11 is 0. The molecule has 0 atom stereocenters. The molecule has 1 aliphatic carbocycles. The van der Waals surface area contributed by atoms with Crippen LogP contribution in [0.5, 0.6) is 0 Å². The maximum absolute atomic E-state index is 4.93. The smallest absolute Gasteiger partial charge is 0.165 e. The maximum Gasteiger partial charge on any atom is 0.165 e. The first-order valence-corrected chi connectivity index (χ1v) is 9.40. The topological polar surface area (TPSA) is 70.4 Å². The molecule has 2 N–H and O–H groups in total. The molecule has 3 aromatic heterocycles. The standard InChI is InChI=1S/C19H23N7/c1-3-14(4-1)23-18-15(5-2-7-21-18)16-13-22-26-10-6-17(24-19(16)26)25-11-8-20-9-12-25/h2,5-7,10,13-14,20H,1,3-4,8-9,11-12H2,(H,21,23). The Morgan fingerprint density at radius 2 is 2.00 bits per heavy atom. The van der Waals surface area contributed by atoms with Gasteiger partial charge in [0, 0.05) is 50.2 Å². The lowest BCUT2D eigenvalue weighted by molar-refractivity contribution is 0.444. The molecule has 3 aromatic rings. The van der Waals surface area contributed by atoms with E-state index in [1.54, 1.807) is 0 Å². The fraction of sp³-hybridized carbons (Fsp3) is 0.421. The lowest BCUT2D eigenvalue weighted by Crippen LogP contribution is -2.43. The van der Waals surface area contributed by atoms with Gasteiger partial charge in [0.2, 0.25) is 0 Å². The predicted octanol–water partition coefficient (Wildman–Crippen LogP) is 2.17. The van der Waals surface area contributed by atoms with Crippen molar-refractivity contribution in [3.8, 4) is 11.1 Å². The van der Waals surface area contributed by atoms with Gasteiger partial charge in [-0.15, -0.1) is 0 Å². The van der Waals surface area contributed by atoms with Crippen LogP contribution < -0.4 is 15.5 Å². The minimum absolute atomic E-state index is 0.537. The highest BCUT2D eigenvalue weighted by Gasteiger charge is 2.21. The number of fused-ring (bicyclic) bond motifs is 1. The number of anilines is 2. The summed E-state index contributed by atoms with van der Waals surface area (Å²) in [4.78, 5) is 11.8. The first-order chi connectivity index (χ1) is 12.9. The van der Waals surface area contributed by atoms with Crippen molar-refractivity contribution in [3.05, 3.63) is 36.8 Å². The zero-order valence-electron chi connectivity index (χ0n) is 14.7. The Bertz CT molecular complexity index is 909. The molecule has 2 fully saturated rings. The highest BCUT2D eigenvalue weighted by molar-refractivity contribution is 5.84. The van der Waals surface area contributed by atoms with Crippen LogP contribution in [0.4, 0.5) is 11.6 Å². The van der Waals surface area contributed by atoms with E-state index < -0.39 is 0 Å². The van der Waals surface area contributed by atoms with Gasteiger partial charge in [-0.25, -0.2) is 14.5 Å². The lowest BCUT2D eigenvalue weighted by atomic mass is 9.93. The largest absolute Gasteiger partial charge is 0.367 e. The molecule has 4 heterocycles. The van der Waals surface area contributed by atoms with Crippen LogP contribution in [-0.4, -0.2) is 51.8 Å². The molecule has 1 aliphatic heterocycles. The molecule has 0 spiro atoms. The monoisotopic (exact) mass is 349 g/mol. The molecular weight excluding hydrogens is 326 g/mol. The Labute approximate surface area is 152 Å². The second kappa shape index (κ2) is 6.57. The number of piperazine rings is 1. The van der Waals surface area contributed by atoms with E-state index in [2.05, 4.69) is 31.7 Å². The summed E-state index contributed by atoms with van der Waals surface area (Å²) in [6.07, 6.45) is 9.47. The van der Waals surface area contributed by atoms with Gasteiger partial charge in [0.25, 0.3) is 0 Å². The third-order valence-electron chi connectivity index (χ3n) is 5.34. The van der Waals surface area contributed by atoms with E-state index in [1.807, 2.05) is 35.2 Å². The Hall–Kier alpha value is -2.67. The molecule has 0 unspecified atom stereocenters. The summed E-state index contributed by atoms with van der Waals surface area (Å²) in [6.45, 7) is 3.95. The quantitative estimate of drug-likeness (QED) is 0.752. The van der Waals surface area contributed by atoms with Crippen LogP contribution in [0.15, 0.2) is 36.8 Å². The van der Waals surface area contributed by atoms with Gasteiger partial charge in [-0.3, -0.25) is 0 Å². The summed E-state index contributed by atoms with van der Waals surface area (Å²) in [7, 11) is 0. The van der Waals surface area contributed by atoms with E-state index in [0.29, 0.717) is 6.04 Å². The van der Waals surface area contributed by atoms with E-state index in [-0.39, 0.29) is 0 Å². The van der Waals surface area contributed by atoms with E-state index >= 15 is 0 Å². The molecule has 2 aliphatic rings. The van der Waals surface area contributed by atoms with Gasteiger partial charge in [0.1, 0.15) is 11.6 Å². The normalized spacial score (nSPS) is 18.1. The van der Waals surface area contributed by atoms with Crippen molar-refractivity contribution in [2.24, 2.45) is 0 Å². The predicted molar refractivity (Wildman–Crippen MR) is 103 cm³/mol. The second-order valence-electron chi connectivity index (χ2n) is 7.02.